The van der Waals surface area contributed by atoms with Crippen LogP contribution in [-0.4, -0.2) is 59.9 Å². The fourth-order valence-corrected chi connectivity index (χ4v) is 4.54. The number of ether oxygens (including phenoxy) is 1. The molecule has 0 aromatic carbocycles. The van der Waals surface area contributed by atoms with E-state index in [1.807, 2.05) is 18.2 Å². The molecule has 0 radical (unpaired) electrons. The Hall–Kier alpha value is -2.56. The number of nitrogens with two attached hydrogens (primary N) is 1. The molecule has 1 aliphatic rings. The highest BCUT2D eigenvalue weighted by molar-refractivity contribution is 7.90. The van der Waals surface area contributed by atoms with Crippen molar-refractivity contribution in [2.45, 2.75) is 38.6 Å². The Bertz CT molecular complexity index is 1180. The summed E-state index contributed by atoms with van der Waals surface area (Å²) in [4.78, 5) is 19.4. The number of pyridine rings is 1. The molecule has 3 N–H and O–H groups in total. The van der Waals surface area contributed by atoms with E-state index in [0.717, 1.165) is 23.1 Å². The zero-order valence-corrected chi connectivity index (χ0v) is 18.7. The van der Waals surface area contributed by atoms with Gasteiger partial charge in [-0.3, -0.25) is 0 Å². The minimum absolute atomic E-state index is 0.0617. The third-order valence-corrected chi connectivity index (χ3v) is 7.16. The molecule has 1 fully saturated rings. The maximum Gasteiger partial charge on any atom is 0.180 e. The van der Waals surface area contributed by atoms with Crippen LogP contribution in [-0.2, 0) is 26.9 Å². The third kappa shape index (κ3) is 4.70. The largest absolute Gasteiger partial charge is 0.377 e. The van der Waals surface area contributed by atoms with Crippen LogP contribution in [0.2, 0.25) is 0 Å². The molecule has 10 heteroatoms. The van der Waals surface area contributed by atoms with Gasteiger partial charge in [0, 0.05) is 30.6 Å². The molecule has 3 aromatic heterocycles. The van der Waals surface area contributed by atoms with Gasteiger partial charge in [-0.05, 0) is 24.6 Å². The molecule has 9 nitrogen and oxygen atoms in total. The molecule has 0 saturated carbocycles. The van der Waals surface area contributed by atoms with Gasteiger partial charge in [-0.15, -0.1) is 0 Å². The molecule has 1 aliphatic heterocycles. The molecule has 0 spiro atoms. The number of sulfone groups is 1. The molecule has 1 atom stereocenters. The van der Waals surface area contributed by atoms with Crippen molar-refractivity contribution in [3.8, 4) is 11.5 Å². The van der Waals surface area contributed by atoms with Gasteiger partial charge in [-0.1, -0.05) is 13.8 Å². The van der Waals surface area contributed by atoms with E-state index in [1.54, 1.807) is 13.0 Å². The number of nitrogens with zero attached hydrogens (tertiary/aromatic N) is 4. The third-order valence-electron chi connectivity index (χ3n) is 5.55. The first-order valence-electron chi connectivity index (χ1n) is 10.5. The molecule has 1 saturated heterocycles. The zero-order valence-electron chi connectivity index (χ0n) is 17.8. The first-order valence-corrected chi connectivity index (χ1v) is 12.4. The van der Waals surface area contributed by atoms with E-state index in [4.69, 9.17) is 20.4 Å². The van der Waals surface area contributed by atoms with Crippen LogP contribution < -0.4 is 10.6 Å². The van der Waals surface area contributed by atoms with Crippen molar-refractivity contribution in [3.05, 3.63) is 35.7 Å². The quantitative estimate of drug-likeness (QED) is 0.567. The number of fused-ring (bicyclic) bond motifs is 1. The van der Waals surface area contributed by atoms with Crippen molar-refractivity contribution >= 4 is 26.7 Å². The number of nitrogens with one attached hydrogen (secondary N) is 1. The van der Waals surface area contributed by atoms with Gasteiger partial charge in [0.15, 0.2) is 15.7 Å². The Morgan fingerprint density at radius 3 is 2.81 bits per heavy atom. The summed E-state index contributed by atoms with van der Waals surface area (Å²) in [6.07, 6.45) is 0.900. The normalized spacial score (nSPS) is 17.4. The van der Waals surface area contributed by atoms with Crippen molar-refractivity contribution in [2.24, 2.45) is 5.73 Å². The van der Waals surface area contributed by atoms with E-state index in [1.165, 1.54) is 0 Å². The second-order valence-electron chi connectivity index (χ2n) is 7.68. The summed E-state index contributed by atoms with van der Waals surface area (Å²) in [5, 5.41) is 0. The lowest BCUT2D eigenvalue weighted by molar-refractivity contribution is 0.0925. The Labute approximate surface area is 182 Å². The second kappa shape index (κ2) is 8.89. The summed E-state index contributed by atoms with van der Waals surface area (Å²) in [5.74, 6) is 1.06. The topological polar surface area (TPSA) is 127 Å². The number of morpholine rings is 1. The highest BCUT2D eigenvalue weighted by atomic mass is 32.2. The monoisotopic (exact) mass is 444 g/mol. The number of H-pyrrole nitrogens is 1. The molecule has 4 rings (SSSR count). The number of rotatable bonds is 7. The SMILES string of the molecule is CC[C@H]1COCCN1c1cc(CS(=O)(=O)CC)nc(-c2ccc3[nH]c(CN)cc3n2)n1. The number of hydrogen-bond donors (Lipinski definition) is 2. The molecule has 0 bridgehead atoms. The smallest absolute Gasteiger partial charge is 0.180 e. The highest BCUT2D eigenvalue weighted by Gasteiger charge is 2.25. The van der Waals surface area contributed by atoms with Crippen LogP contribution in [0.5, 0.6) is 0 Å². The Morgan fingerprint density at radius 1 is 1.23 bits per heavy atom. The summed E-state index contributed by atoms with van der Waals surface area (Å²) in [5.41, 5.74) is 9.34. The summed E-state index contributed by atoms with van der Waals surface area (Å²) in [7, 11) is -3.25. The van der Waals surface area contributed by atoms with Gasteiger partial charge in [-0.25, -0.2) is 23.4 Å². The summed E-state index contributed by atoms with van der Waals surface area (Å²) in [6.45, 7) is 6.06. The van der Waals surface area contributed by atoms with Gasteiger partial charge >= 0.3 is 0 Å². The second-order valence-corrected chi connectivity index (χ2v) is 10.0. The lowest BCUT2D eigenvalue weighted by Gasteiger charge is -2.36. The molecule has 0 unspecified atom stereocenters. The van der Waals surface area contributed by atoms with Gasteiger partial charge < -0.3 is 20.4 Å². The molecular formula is C21H28N6O3S. The number of aromatic amines is 1. The molecule has 3 aromatic rings. The molecule has 31 heavy (non-hydrogen) atoms. The Balaban J connectivity index is 1.80. The molecule has 0 amide bonds. The number of aromatic nitrogens is 4. The maximum atomic E-state index is 12.3. The summed E-state index contributed by atoms with van der Waals surface area (Å²) < 4.78 is 30.2. The fourth-order valence-electron chi connectivity index (χ4n) is 3.74. The summed E-state index contributed by atoms with van der Waals surface area (Å²) in [6, 6.07) is 7.62. The predicted octanol–water partition coefficient (Wildman–Crippen LogP) is 2.03. The van der Waals surface area contributed by atoms with Crippen LogP contribution in [0.3, 0.4) is 0 Å². The van der Waals surface area contributed by atoms with Crippen molar-refractivity contribution < 1.29 is 13.2 Å². The average molecular weight is 445 g/mol. The zero-order chi connectivity index (χ0) is 22.0. The average Bonchev–Trinajstić information content (AvgIpc) is 3.21. The van der Waals surface area contributed by atoms with Crippen molar-refractivity contribution in [2.75, 3.05) is 30.4 Å². The van der Waals surface area contributed by atoms with Crippen molar-refractivity contribution in [3.63, 3.8) is 0 Å². The Morgan fingerprint density at radius 2 is 2.06 bits per heavy atom. The number of hydrogen-bond acceptors (Lipinski definition) is 8. The van der Waals surface area contributed by atoms with Crippen LogP contribution in [0.25, 0.3) is 22.6 Å². The van der Waals surface area contributed by atoms with Gasteiger partial charge in [0.1, 0.15) is 11.5 Å². The minimum Gasteiger partial charge on any atom is -0.377 e. The van der Waals surface area contributed by atoms with Crippen LogP contribution in [0.1, 0.15) is 31.7 Å². The molecular weight excluding hydrogens is 416 g/mol. The molecule has 0 aliphatic carbocycles. The molecule has 166 valence electrons. The van der Waals surface area contributed by atoms with Gasteiger partial charge in [0.05, 0.1) is 41.7 Å². The van der Waals surface area contributed by atoms with Gasteiger partial charge in [0.2, 0.25) is 0 Å². The predicted molar refractivity (Wildman–Crippen MR) is 120 cm³/mol. The van der Waals surface area contributed by atoms with E-state index in [2.05, 4.69) is 21.8 Å². The summed E-state index contributed by atoms with van der Waals surface area (Å²) >= 11 is 0. The first-order chi connectivity index (χ1) is 14.9. The van der Waals surface area contributed by atoms with Crippen LogP contribution in [0, 0.1) is 0 Å². The van der Waals surface area contributed by atoms with E-state index < -0.39 is 9.84 Å². The standard InChI is InChI=1S/C21H28N6O3S/c1-3-16-12-30-8-7-27(16)20-10-15(13-31(28,29)4-2)24-21(26-20)18-6-5-17-19(25-18)9-14(11-22)23-17/h5-6,9-10,16,23H,3-4,7-8,11-13,22H2,1-2H3/t16-/m0/s1. The maximum absolute atomic E-state index is 12.3. The van der Waals surface area contributed by atoms with Crippen LogP contribution in [0.4, 0.5) is 5.82 Å². The molecule has 4 heterocycles. The lowest BCUT2D eigenvalue weighted by Crippen LogP contribution is -2.45. The fraction of sp³-hybridized carbons (Fsp3) is 0.476. The van der Waals surface area contributed by atoms with Crippen LogP contribution >= 0.6 is 0 Å². The van der Waals surface area contributed by atoms with Crippen molar-refractivity contribution in [1.29, 1.82) is 0 Å². The minimum atomic E-state index is -3.25. The lowest BCUT2D eigenvalue weighted by atomic mass is 10.1. The van der Waals surface area contributed by atoms with Gasteiger partial charge in [-0.2, -0.15) is 0 Å². The van der Waals surface area contributed by atoms with Crippen molar-refractivity contribution in [1.82, 2.24) is 19.9 Å². The highest BCUT2D eigenvalue weighted by Crippen LogP contribution is 2.25. The van der Waals surface area contributed by atoms with Gasteiger partial charge in [0.25, 0.3) is 0 Å². The van der Waals surface area contributed by atoms with E-state index in [-0.39, 0.29) is 17.5 Å². The van der Waals surface area contributed by atoms with Crippen LogP contribution in [0.15, 0.2) is 24.3 Å². The number of anilines is 1. The van der Waals surface area contributed by atoms with E-state index in [0.29, 0.717) is 49.3 Å². The Kier molecular flexibility index (Phi) is 6.22. The van der Waals surface area contributed by atoms with E-state index >= 15 is 0 Å². The first kappa shape index (κ1) is 21.7. The van der Waals surface area contributed by atoms with E-state index in [9.17, 15) is 8.42 Å².